The molecule has 1 saturated heterocycles. The highest BCUT2D eigenvalue weighted by Gasteiger charge is 2.24. The van der Waals surface area contributed by atoms with Gasteiger partial charge in [0, 0.05) is 38.3 Å². The van der Waals surface area contributed by atoms with Crippen molar-refractivity contribution >= 4 is 6.09 Å². The number of aliphatic hydroxyl groups excluding tert-OH is 1. The standard InChI is InChI=1S/C21H34N2O5/c1-6-27-20(25)23-11-9-22(10-12-23)14-16(24)15-28-19-8-7-17(26-5)13-18(19)21(2,3)4/h7-8,13,16,24H,6,9-12,14-15H2,1-5H3/t16-/m1/s1. The van der Waals surface area contributed by atoms with Gasteiger partial charge in [-0.15, -0.1) is 0 Å². The van der Waals surface area contributed by atoms with E-state index in [1.54, 1.807) is 18.9 Å². The second kappa shape index (κ2) is 9.98. The van der Waals surface area contributed by atoms with Gasteiger partial charge in [0.1, 0.15) is 24.2 Å². The van der Waals surface area contributed by atoms with Crippen LogP contribution in [-0.4, -0.2) is 80.2 Å². The minimum atomic E-state index is -0.607. The van der Waals surface area contributed by atoms with Crippen LogP contribution in [0, 0.1) is 0 Å². The van der Waals surface area contributed by atoms with Gasteiger partial charge in [-0.3, -0.25) is 4.90 Å². The topological polar surface area (TPSA) is 71.5 Å². The lowest BCUT2D eigenvalue weighted by Crippen LogP contribution is -2.51. The van der Waals surface area contributed by atoms with E-state index < -0.39 is 6.10 Å². The van der Waals surface area contributed by atoms with E-state index in [1.165, 1.54) is 0 Å². The molecule has 1 N–H and O–H groups in total. The summed E-state index contributed by atoms with van der Waals surface area (Å²) in [7, 11) is 1.65. The molecule has 0 radical (unpaired) electrons. The van der Waals surface area contributed by atoms with Crippen molar-refractivity contribution in [3.8, 4) is 11.5 Å². The number of nitrogens with zero attached hydrogens (tertiary/aromatic N) is 2. The van der Waals surface area contributed by atoms with Crippen molar-refractivity contribution in [1.29, 1.82) is 0 Å². The number of hydrogen-bond acceptors (Lipinski definition) is 6. The number of carbonyl (C=O) groups is 1. The fourth-order valence-corrected chi connectivity index (χ4v) is 3.21. The van der Waals surface area contributed by atoms with Gasteiger partial charge < -0.3 is 24.2 Å². The summed E-state index contributed by atoms with van der Waals surface area (Å²) < 4.78 is 16.3. The van der Waals surface area contributed by atoms with Crippen LogP contribution in [0.2, 0.25) is 0 Å². The highest BCUT2D eigenvalue weighted by molar-refractivity contribution is 5.67. The molecule has 1 aliphatic heterocycles. The Morgan fingerprint density at radius 1 is 1.21 bits per heavy atom. The fourth-order valence-electron chi connectivity index (χ4n) is 3.21. The first-order valence-electron chi connectivity index (χ1n) is 9.88. The summed E-state index contributed by atoms with van der Waals surface area (Å²) in [6.45, 7) is 11.9. The van der Waals surface area contributed by atoms with Gasteiger partial charge in [-0.05, 0) is 30.5 Å². The van der Waals surface area contributed by atoms with Crippen LogP contribution in [0.25, 0.3) is 0 Å². The lowest BCUT2D eigenvalue weighted by atomic mass is 9.86. The second-order valence-electron chi connectivity index (χ2n) is 8.06. The van der Waals surface area contributed by atoms with Crippen LogP contribution in [0.15, 0.2) is 18.2 Å². The largest absolute Gasteiger partial charge is 0.497 e. The third-order valence-corrected chi connectivity index (χ3v) is 4.79. The molecular weight excluding hydrogens is 360 g/mol. The average molecular weight is 395 g/mol. The molecule has 1 atom stereocenters. The van der Waals surface area contributed by atoms with Crippen LogP contribution < -0.4 is 9.47 Å². The summed E-state index contributed by atoms with van der Waals surface area (Å²) in [4.78, 5) is 15.6. The first-order valence-corrected chi connectivity index (χ1v) is 9.88. The summed E-state index contributed by atoms with van der Waals surface area (Å²) >= 11 is 0. The first-order chi connectivity index (χ1) is 13.2. The maximum absolute atomic E-state index is 11.8. The molecule has 1 amide bonds. The average Bonchev–Trinajstić information content (AvgIpc) is 2.66. The fraction of sp³-hybridized carbons (Fsp3) is 0.667. The van der Waals surface area contributed by atoms with Crippen LogP contribution >= 0.6 is 0 Å². The Kier molecular flexibility index (Phi) is 7.95. The molecule has 28 heavy (non-hydrogen) atoms. The zero-order valence-corrected chi connectivity index (χ0v) is 17.7. The zero-order chi connectivity index (χ0) is 20.7. The Labute approximate surface area is 168 Å². The lowest BCUT2D eigenvalue weighted by Gasteiger charge is -2.35. The van der Waals surface area contributed by atoms with Crippen LogP contribution in [0.1, 0.15) is 33.3 Å². The Morgan fingerprint density at radius 3 is 2.46 bits per heavy atom. The normalized spacial score (nSPS) is 16.6. The molecule has 0 aromatic heterocycles. The Bertz CT molecular complexity index is 636. The van der Waals surface area contributed by atoms with Crippen molar-refractivity contribution < 1.29 is 24.1 Å². The summed E-state index contributed by atoms with van der Waals surface area (Å²) in [5.41, 5.74) is 0.945. The molecule has 2 rings (SSSR count). The van der Waals surface area contributed by atoms with Gasteiger partial charge in [-0.25, -0.2) is 4.79 Å². The molecule has 1 fully saturated rings. The molecular formula is C21H34N2O5. The molecule has 1 heterocycles. The van der Waals surface area contributed by atoms with Gasteiger partial charge in [-0.2, -0.15) is 0 Å². The first kappa shape index (κ1) is 22.3. The van der Waals surface area contributed by atoms with Crippen molar-refractivity contribution in [2.24, 2.45) is 0 Å². The molecule has 1 aromatic rings. The zero-order valence-electron chi connectivity index (χ0n) is 17.7. The quantitative estimate of drug-likeness (QED) is 0.766. The van der Waals surface area contributed by atoms with Crippen LogP contribution in [0.5, 0.6) is 11.5 Å². The lowest BCUT2D eigenvalue weighted by molar-refractivity contribution is 0.0404. The Balaban J connectivity index is 1.85. The third-order valence-electron chi connectivity index (χ3n) is 4.79. The molecule has 1 aliphatic rings. The number of carbonyl (C=O) groups excluding carboxylic acids is 1. The van der Waals surface area contributed by atoms with E-state index in [9.17, 15) is 9.90 Å². The van der Waals surface area contributed by atoms with Crippen LogP contribution in [0.4, 0.5) is 4.79 Å². The number of piperazine rings is 1. The highest BCUT2D eigenvalue weighted by atomic mass is 16.6. The number of amides is 1. The van der Waals surface area contributed by atoms with Crippen molar-refractivity contribution in [3.05, 3.63) is 23.8 Å². The predicted molar refractivity (Wildman–Crippen MR) is 108 cm³/mol. The van der Waals surface area contributed by atoms with E-state index in [4.69, 9.17) is 14.2 Å². The van der Waals surface area contributed by atoms with Gasteiger partial charge in [-0.1, -0.05) is 20.8 Å². The van der Waals surface area contributed by atoms with Crippen LogP contribution in [0.3, 0.4) is 0 Å². The minimum Gasteiger partial charge on any atom is -0.497 e. The third kappa shape index (κ3) is 6.27. The Morgan fingerprint density at radius 2 is 1.89 bits per heavy atom. The van der Waals surface area contributed by atoms with E-state index in [0.29, 0.717) is 39.3 Å². The number of benzene rings is 1. The van der Waals surface area contributed by atoms with E-state index in [1.807, 2.05) is 18.2 Å². The van der Waals surface area contributed by atoms with E-state index in [-0.39, 0.29) is 18.1 Å². The van der Waals surface area contributed by atoms with Crippen molar-refractivity contribution in [2.75, 3.05) is 53.0 Å². The maximum Gasteiger partial charge on any atom is 0.409 e. The number of ether oxygens (including phenoxy) is 3. The second-order valence-corrected chi connectivity index (χ2v) is 8.06. The molecule has 7 nitrogen and oxygen atoms in total. The SMILES string of the molecule is CCOC(=O)N1CCN(C[C@@H](O)COc2ccc(OC)cc2C(C)(C)C)CC1. The monoisotopic (exact) mass is 394 g/mol. The van der Waals surface area contributed by atoms with Crippen molar-refractivity contribution in [3.63, 3.8) is 0 Å². The van der Waals surface area contributed by atoms with E-state index in [0.717, 1.165) is 17.1 Å². The smallest absolute Gasteiger partial charge is 0.409 e. The minimum absolute atomic E-state index is 0.0990. The van der Waals surface area contributed by atoms with Gasteiger partial charge in [0.05, 0.1) is 13.7 Å². The number of methoxy groups -OCH3 is 1. The molecule has 0 aliphatic carbocycles. The van der Waals surface area contributed by atoms with Gasteiger partial charge in [0.15, 0.2) is 0 Å². The van der Waals surface area contributed by atoms with Gasteiger partial charge in [0.2, 0.25) is 0 Å². The molecule has 1 aromatic carbocycles. The van der Waals surface area contributed by atoms with Crippen LogP contribution in [-0.2, 0) is 10.2 Å². The predicted octanol–water partition coefficient (Wildman–Crippen LogP) is 2.51. The van der Waals surface area contributed by atoms with Crippen molar-refractivity contribution in [2.45, 2.75) is 39.2 Å². The number of hydrogen-bond donors (Lipinski definition) is 1. The highest BCUT2D eigenvalue weighted by Crippen LogP contribution is 2.34. The molecule has 0 saturated carbocycles. The Hall–Kier alpha value is -1.99. The summed E-state index contributed by atoms with van der Waals surface area (Å²) in [5, 5.41) is 10.4. The van der Waals surface area contributed by atoms with Gasteiger partial charge in [0.25, 0.3) is 0 Å². The van der Waals surface area contributed by atoms with E-state index in [2.05, 4.69) is 25.7 Å². The molecule has 158 valence electrons. The van der Waals surface area contributed by atoms with E-state index >= 15 is 0 Å². The summed E-state index contributed by atoms with van der Waals surface area (Å²) in [5.74, 6) is 1.55. The van der Waals surface area contributed by atoms with Crippen molar-refractivity contribution in [1.82, 2.24) is 9.80 Å². The molecule has 7 heteroatoms. The summed E-state index contributed by atoms with van der Waals surface area (Å²) in [6.07, 6.45) is -0.871. The van der Waals surface area contributed by atoms with Gasteiger partial charge >= 0.3 is 6.09 Å². The number of aliphatic hydroxyl groups is 1. The molecule has 0 unspecified atom stereocenters. The number of rotatable bonds is 7. The molecule has 0 bridgehead atoms. The maximum atomic E-state index is 11.8. The summed E-state index contributed by atoms with van der Waals surface area (Å²) in [6, 6.07) is 5.74. The molecule has 0 spiro atoms. The number of β-amino-alcohol motifs (C(OH)–C–C–N with tert-alkyl or cyclic N) is 1.